The standard InChI is InChI=1S/C10H20N4O/c1-7(2)6-14(8(3)4)10-13-12-9(5-11)15-10/h7-8H,5-6,11H2,1-4H3. The summed E-state index contributed by atoms with van der Waals surface area (Å²) in [5.41, 5.74) is 5.43. The predicted octanol–water partition coefficient (Wildman–Crippen LogP) is 1.40. The normalized spacial score (nSPS) is 11.4. The second-order valence-electron chi connectivity index (χ2n) is 4.32. The molecule has 0 aliphatic carbocycles. The minimum atomic E-state index is 0.292. The van der Waals surface area contributed by atoms with Gasteiger partial charge in [0, 0.05) is 12.6 Å². The predicted molar refractivity (Wildman–Crippen MR) is 59.5 cm³/mol. The molecule has 0 saturated carbocycles. The van der Waals surface area contributed by atoms with Crippen LogP contribution in [0.1, 0.15) is 33.6 Å². The van der Waals surface area contributed by atoms with Gasteiger partial charge in [0.2, 0.25) is 5.89 Å². The summed E-state index contributed by atoms with van der Waals surface area (Å²) in [6.45, 7) is 9.74. The molecule has 0 spiro atoms. The largest absolute Gasteiger partial charge is 0.407 e. The lowest BCUT2D eigenvalue weighted by Gasteiger charge is -2.25. The molecule has 0 amide bonds. The molecule has 0 fully saturated rings. The van der Waals surface area contributed by atoms with Crippen molar-refractivity contribution in [3.63, 3.8) is 0 Å². The van der Waals surface area contributed by atoms with Crippen LogP contribution in [0.5, 0.6) is 0 Å². The van der Waals surface area contributed by atoms with Crippen LogP contribution in [-0.2, 0) is 6.54 Å². The molecule has 0 saturated heterocycles. The fourth-order valence-electron chi connectivity index (χ4n) is 1.35. The van der Waals surface area contributed by atoms with Gasteiger partial charge in [0.25, 0.3) is 0 Å². The van der Waals surface area contributed by atoms with Gasteiger partial charge in [-0.05, 0) is 19.8 Å². The van der Waals surface area contributed by atoms with Crippen LogP contribution in [-0.4, -0.2) is 22.8 Å². The van der Waals surface area contributed by atoms with Gasteiger partial charge >= 0.3 is 6.01 Å². The number of anilines is 1. The minimum absolute atomic E-state index is 0.292. The van der Waals surface area contributed by atoms with Crippen LogP contribution in [0.25, 0.3) is 0 Å². The van der Waals surface area contributed by atoms with Crippen LogP contribution >= 0.6 is 0 Å². The van der Waals surface area contributed by atoms with Crippen molar-refractivity contribution in [2.45, 2.75) is 40.3 Å². The molecule has 1 aromatic heterocycles. The van der Waals surface area contributed by atoms with Crippen molar-refractivity contribution in [1.82, 2.24) is 10.2 Å². The van der Waals surface area contributed by atoms with Gasteiger partial charge in [0.1, 0.15) is 0 Å². The summed E-state index contributed by atoms with van der Waals surface area (Å²) in [5.74, 6) is 1.04. The topological polar surface area (TPSA) is 68.2 Å². The van der Waals surface area contributed by atoms with Gasteiger partial charge in [-0.3, -0.25) is 0 Å². The molecular weight excluding hydrogens is 192 g/mol. The third-order valence-corrected chi connectivity index (χ3v) is 2.06. The molecule has 1 rings (SSSR count). The van der Waals surface area contributed by atoms with E-state index in [2.05, 4.69) is 42.8 Å². The quantitative estimate of drug-likeness (QED) is 0.799. The summed E-state index contributed by atoms with van der Waals surface area (Å²) in [6.07, 6.45) is 0. The average Bonchev–Trinajstić information content (AvgIpc) is 2.61. The Morgan fingerprint density at radius 1 is 1.27 bits per heavy atom. The first-order valence-corrected chi connectivity index (χ1v) is 5.33. The summed E-state index contributed by atoms with van der Waals surface area (Å²) in [5, 5.41) is 7.85. The minimum Gasteiger partial charge on any atom is -0.407 e. The highest BCUT2D eigenvalue weighted by Crippen LogP contribution is 2.16. The number of hydrogen-bond acceptors (Lipinski definition) is 5. The molecule has 0 unspecified atom stereocenters. The molecule has 0 radical (unpaired) electrons. The van der Waals surface area contributed by atoms with Crippen LogP contribution in [0.15, 0.2) is 4.42 Å². The van der Waals surface area contributed by atoms with Crippen LogP contribution in [0, 0.1) is 5.92 Å². The molecule has 15 heavy (non-hydrogen) atoms. The van der Waals surface area contributed by atoms with Gasteiger partial charge in [-0.2, -0.15) is 0 Å². The number of nitrogens with two attached hydrogens (primary N) is 1. The van der Waals surface area contributed by atoms with Crippen molar-refractivity contribution < 1.29 is 4.42 Å². The number of hydrogen-bond donors (Lipinski definition) is 1. The van der Waals surface area contributed by atoms with Crippen molar-refractivity contribution in [1.29, 1.82) is 0 Å². The van der Waals surface area contributed by atoms with E-state index in [9.17, 15) is 0 Å². The smallest absolute Gasteiger partial charge is 0.318 e. The molecule has 1 aromatic rings. The Hall–Kier alpha value is -1.10. The van der Waals surface area contributed by atoms with Crippen molar-refractivity contribution in [2.75, 3.05) is 11.4 Å². The zero-order valence-electron chi connectivity index (χ0n) is 9.90. The Morgan fingerprint density at radius 2 is 1.93 bits per heavy atom. The Labute approximate surface area is 90.7 Å². The summed E-state index contributed by atoms with van der Waals surface area (Å²) >= 11 is 0. The molecule has 0 aliphatic rings. The summed E-state index contributed by atoms with van der Waals surface area (Å²) < 4.78 is 5.44. The number of nitrogens with zero attached hydrogens (tertiary/aromatic N) is 3. The molecule has 1 heterocycles. The van der Waals surface area contributed by atoms with Crippen LogP contribution < -0.4 is 10.6 Å². The van der Waals surface area contributed by atoms with Crippen molar-refractivity contribution >= 4 is 6.01 Å². The molecular formula is C10H20N4O. The first-order valence-electron chi connectivity index (χ1n) is 5.33. The van der Waals surface area contributed by atoms with Gasteiger partial charge in [-0.1, -0.05) is 18.9 Å². The van der Waals surface area contributed by atoms with Crippen molar-refractivity contribution in [3.05, 3.63) is 5.89 Å². The highest BCUT2D eigenvalue weighted by atomic mass is 16.4. The Balaban J connectivity index is 2.79. The average molecular weight is 212 g/mol. The van der Waals surface area contributed by atoms with Gasteiger partial charge < -0.3 is 15.1 Å². The highest BCUT2D eigenvalue weighted by molar-refractivity contribution is 5.25. The van der Waals surface area contributed by atoms with E-state index in [4.69, 9.17) is 10.2 Å². The molecule has 0 bridgehead atoms. The maximum Gasteiger partial charge on any atom is 0.318 e. The molecule has 2 N–H and O–H groups in total. The third kappa shape index (κ3) is 3.20. The molecule has 0 atom stereocenters. The maximum absolute atomic E-state index is 5.44. The van der Waals surface area contributed by atoms with E-state index in [0.717, 1.165) is 6.54 Å². The fraction of sp³-hybridized carbons (Fsp3) is 0.800. The zero-order chi connectivity index (χ0) is 11.4. The summed E-state index contributed by atoms with van der Waals surface area (Å²) in [7, 11) is 0. The van der Waals surface area contributed by atoms with Gasteiger partial charge in [0.15, 0.2) is 0 Å². The first kappa shape index (κ1) is 12.0. The molecule has 0 aromatic carbocycles. The zero-order valence-corrected chi connectivity index (χ0v) is 9.90. The maximum atomic E-state index is 5.44. The number of aromatic nitrogens is 2. The Kier molecular flexibility index (Phi) is 4.08. The van der Waals surface area contributed by atoms with Crippen molar-refractivity contribution in [2.24, 2.45) is 11.7 Å². The van der Waals surface area contributed by atoms with Gasteiger partial charge in [0.05, 0.1) is 6.54 Å². The van der Waals surface area contributed by atoms with E-state index >= 15 is 0 Å². The SMILES string of the molecule is CC(C)CN(c1nnc(CN)o1)C(C)C. The highest BCUT2D eigenvalue weighted by Gasteiger charge is 2.17. The Morgan fingerprint density at radius 3 is 2.33 bits per heavy atom. The molecule has 5 heteroatoms. The van der Waals surface area contributed by atoms with E-state index in [1.807, 2.05) is 0 Å². The molecule has 0 aliphatic heterocycles. The van der Waals surface area contributed by atoms with Crippen molar-refractivity contribution in [3.8, 4) is 0 Å². The van der Waals surface area contributed by atoms with E-state index < -0.39 is 0 Å². The van der Waals surface area contributed by atoms with E-state index in [1.165, 1.54) is 0 Å². The fourth-order valence-corrected chi connectivity index (χ4v) is 1.35. The lowest BCUT2D eigenvalue weighted by molar-refractivity contribution is 0.455. The van der Waals surface area contributed by atoms with E-state index in [0.29, 0.717) is 30.4 Å². The second kappa shape index (κ2) is 5.11. The monoisotopic (exact) mass is 212 g/mol. The first-order chi connectivity index (χ1) is 7.04. The summed E-state index contributed by atoms with van der Waals surface area (Å²) in [6, 6.07) is 0.914. The molecule has 86 valence electrons. The van der Waals surface area contributed by atoms with Crippen LogP contribution in [0.3, 0.4) is 0 Å². The Bertz CT molecular complexity index is 295. The summed E-state index contributed by atoms with van der Waals surface area (Å²) in [4.78, 5) is 2.09. The lowest BCUT2D eigenvalue weighted by Crippen LogP contribution is -2.34. The number of rotatable bonds is 5. The lowest BCUT2D eigenvalue weighted by atomic mass is 10.2. The van der Waals surface area contributed by atoms with Crippen LogP contribution in [0.4, 0.5) is 6.01 Å². The van der Waals surface area contributed by atoms with Gasteiger partial charge in [-0.15, -0.1) is 5.10 Å². The van der Waals surface area contributed by atoms with Crippen LogP contribution in [0.2, 0.25) is 0 Å². The van der Waals surface area contributed by atoms with E-state index in [1.54, 1.807) is 0 Å². The van der Waals surface area contributed by atoms with E-state index in [-0.39, 0.29) is 0 Å². The van der Waals surface area contributed by atoms with Gasteiger partial charge in [-0.25, -0.2) is 0 Å². The third-order valence-electron chi connectivity index (χ3n) is 2.06. The second-order valence-corrected chi connectivity index (χ2v) is 4.32. The molecule has 5 nitrogen and oxygen atoms in total.